The van der Waals surface area contributed by atoms with Crippen LogP contribution in [0.3, 0.4) is 0 Å². The largest absolute Gasteiger partial charge is 0.553 e. The second-order valence-corrected chi connectivity index (χ2v) is 3.42. The molecule has 0 aliphatic rings. The van der Waals surface area contributed by atoms with Crippen molar-refractivity contribution in [3.05, 3.63) is 0 Å². The average Bonchev–Trinajstić information content (AvgIpc) is 2.19. The molecule has 7 nitrogen and oxygen atoms in total. The summed E-state index contributed by atoms with van der Waals surface area (Å²) in [7, 11) is 2.94. The van der Waals surface area contributed by atoms with Crippen LogP contribution in [0, 0.1) is 0 Å². The van der Waals surface area contributed by atoms with Crippen molar-refractivity contribution in [2.75, 3.05) is 53.6 Å². The van der Waals surface area contributed by atoms with Crippen LogP contribution in [-0.2, 0) is 4.74 Å². The number of aliphatic hydroxyl groups is 3. The number of rotatable bonds is 6. The number of likely N-dealkylation sites (N-methyl/N-ethyl adjacent to an activating group) is 1. The summed E-state index contributed by atoms with van der Waals surface area (Å²) in [6.07, 6.45) is -1.50. The zero-order valence-electron chi connectivity index (χ0n) is 9.76. The van der Waals surface area contributed by atoms with E-state index in [4.69, 9.17) is 25.2 Å². The first-order valence-electron chi connectivity index (χ1n) is 4.87. The minimum absolute atomic E-state index is 0.0938. The van der Waals surface area contributed by atoms with Gasteiger partial charge in [-0.05, 0) is 0 Å². The van der Waals surface area contributed by atoms with Crippen molar-refractivity contribution in [3.8, 4) is 0 Å². The Morgan fingerprint density at radius 1 is 1.12 bits per heavy atom. The Bertz CT molecular complexity index is 158. The second-order valence-electron chi connectivity index (χ2n) is 3.42. The van der Waals surface area contributed by atoms with Gasteiger partial charge in [-0.15, -0.1) is 0 Å². The van der Waals surface area contributed by atoms with Gasteiger partial charge in [0.15, 0.2) is 0 Å². The van der Waals surface area contributed by atoms with E-state index >= 15 is 0 Å². The highest BCUT2D eigenvalue weighted by Gasteiger charge is 2.18. The zero-order chi connectivity index (χ0) is 13.0. The summed E-state index contributed by atoms with van der Waals surface area (Å²) in [5, 5.41) is 35.1. The van der Waals surface area contributed by atoms with E-state index in [0.29, 0.717) is 24.1 Å². The minimum Gasteiger partial charge on any atom is -0.553 e. The molecule has 0 spiro atoms. The third-order valence-corrected chi connectivity index (χ3v) is 2.09. The van der Waals surface area contributed by atoms with Crippen molar-refractivity contribution >= 4 is 6.16 Å². The SMILES string of the molecule is COC(=O)[O-].C[N+](CCO)(CCO)CCO. The minimum atomic E-state index is -1.50. The predicted molar refractivity (Wildman–Crippen MR) is 54.4 cm³/mol. The summed E-state index contributed by atoms with van der Waals surface area (Å²) in [6.45, 7) is 2.03. The number of hydrogen-bond acceptors (Lipinski definition) is 6. The maximum Gasteiger partial charge on any atom is 0.251 e. The van der Waals surface area contributed by atoms with Gasteiger partial charge in [0.1, 0.15) is 19.6 Å². The van der Waals surface area contributed by atoms with Gasteiger partial charge in [-0.2, -0.15) is 0 Å². The molecule has 0 rings (SSSR count). The highest BCUT2D eigenvalue weighted by molar-refractivity contribution is 5.53. The summed E-state index contributed by atoms with van der Waals surface area (Å²) in [5.74, 6) is 0. The summed E-state index contributed by atoms with van der Waals surface area (Å²) in [5.41, 5.74) is 0. The van der Waals surface area contributed by atoms with Gasteiger partial charge in [0.05, 0.1) is 26.9 Å². The lowest BCUT2D eigenvalue weighted by molar-refractivity contribution is -0.910. The fourth-order valence-corrected chi connectivity index (χ4v) is 1.06. The van der Waals surface area contributed by atoms with Crippen LogP contribution in [0.15, 0.2) is 0 Å². The Kier molecular flexibility index (Phi) is 11.6. The standard InChI is InChI=1S/C7H18NO3.C2H4O3/c1-8(2-5-9,3-6-10)4-7-11;1-5-2(3)4/h9-11H,2-7H2,1H3;1H3,(H,3,4)/q+1;/p-1. The van der Waals surface area contributed by atoms with Crippen LogP contribution in [0.2, 0.25) is 0 Å². The van der Waals surface area contributed by atoms with Crippen molar-refractivity contribution in [1.29, 1.82) is 0 Å². The number of aliphatic hydroxyl groups excluding tert-OH is 3. The third-order valence-electron chi connectivity index (χ3n) is 2.09. The second kappa shape index (κ2) is 10.6. The molecule has 0 aliphatic carbocycles. The number of methoxy groups -OCH3 is 1. The van der Waals surface area contributed by atoms with Crippen LogP contribution in [0.1, 0.15) is 0 Å². The van der Waals surface area contributed by atoms with E-state index in [1.807, 2.05) is 7.05 Å². The number of nitrogens with zero attached hydrogens (tertiary/aromatic N) is 1. The summed E-state index contributed by atoms with van der Waals surface area (Å²) < 4.78 is 4.09. The molecule has 0 aromatic heterocycles. The fraction of sp³-hybridized carbons (Fsp3) is 0.889. The number of ether oxygens (including phenoxy) is 1. The lowest BCUT2D eigenvalue weighted by Crippen LogP contribution is -2.49. The van der Waals surface area contributed by atoms with E-state index in [1.54, 1.807) is 0 Å². The van der Waals surface area contributed by atoms with Gasteiger partial charge in [-0.25, -0.2) is 0 Å². The molecule has 0 saturated carbocycles. The summed E-state index contributed by atoms with van der Waals surface area (Å²) in [4.78, 5) is 9.03. The molecule has 98 valence electrons. The fourth-order valence-electron chi connectivity index (χ4n) is 1.06. The number of quaternary nitrogens is 1. The topological polar surface area (TPSA) is 110 Å². The molecule has 0 radical (unpaired) electrons. The van der Waals surface area contributed by atoms with E-state index in [-0.39, 0.29) is 19.8 Å². The number of carbonyl (C=O) groups excluding carboxylic acids is 1. The van der Waals surface area contributed by atoms with E-state index in [9.17, 15) is 0 Å². The van der Waals surface area contributed by atoms with Crippen LogP contribution in [0.5, 0.6) is 0 Å². The predicted octanol–water partition coefficient (Wildman–Crippen LogP) is -2.61. The van der Waals surface area contributed by atoms with Crippen molar-refractivity contribution in [2.45, 2.75) is 0 Å². The molecule has 0 aromatic carbocycles. The van der Waals surface area contributed by atoms with Gasteiger partial charge in [0.25, 0.3) is 6.16 Å². The van der Waals surface area contributed by atoms with Crippen LogP contribution in [-0.4, -0.2) is 79.6 Å². The molecule has 0 atom stereocenters. The van der Waals surface area contributed by atoms with Gasteiger partial charge >= 0.3 is 0 Å². The lowest BCUT2D eigenvalue weighted by Gasteiger charge is -2.32. The van der Waals surface area contributed by atoms with E-state index in [2.05, 4.69) is 4.74 Å². The van der Waals surface area contributed by atoms with Crippen LogP contribution >= 0.6 is 0 Å². The maximum absolute atomic E-state index is 9.03. The third kappa shape index (κ3) is 11.2. The Balaban J connectivity index is 0. The molecule has 7 heteroatoms. The molecule has 3 N–H and O–H groups in total. The van der Waals surface area contributed by atoms with E-state index in [1.165, 1.54) is 0 Å². The summed E-state index contributed by atoms with van der Waals surface area (Å²) in [6, 6.07) is 0. The van der Waals surface area contributed by atoms with Crippen molar-refractivity contribution in [2.24, 2.45) is 0 Å². The number of carbonyl (C=O) groups is 1. The lowest BCUT2D eigenvalue weighted by atomic mass is 10.4. The molecule has 16 heavy (non-hydrogen) atoms. The molecule has 0 fully saturated rings. The molecule has 0 bridgehead atoms. The van der Waals surface area contributed by atoms with E-state index in [0.717, 1.165) is 7.11 Å². The summed E-state index contributed by atoms with van der Waals surface area (Å²) >= 11 is 0. The highest BCUT2D eigenvalue weighted by Crippen LogP contribution is 1.99. The molecular weight excluding hydrogens is 218 g/mol. The number of carboxylic acid groups (broad SMARTS) is 1. The molecule has 0 unspecified atom stereocenters. The maximum atomic E-state index is 9.03. The first-order valence-corrected chi connectivity index (χ1v) is 4.87. The highest BCUT2D eigenvalue weighted by atomic mass is 16.6. The number of hydrogen-bond donors (Lipinski definition) is 3. The van der Waals surface area contributed by atoms with Crippen LogP contribution < -0.4 is 5.11 Å². The van der Waals surface area contributed by atoms with Gasteiger partial charge < -0.3 is 34.4 Å². The quantitative estimate of drug-likeness (QED) is 0.346. The molecule has 0 aromatic rings. The Morgan fingerprint density at radius 3 is 1.50 bits per heavy atom. The molecule has 0 aliphatic heterocycles. The first-order chi connectivity index (χ1) is 7.45. The Hall–Kier alpha value is -0.890. The van der Waals surface area contributed by atoms with Gasteiger partial charge in [-0.1, -0.05) is 0 Å². The first kappa shape index (κ1) is 17.5. The monoisotopic (exact) mass is 239 g/mol. The molecule has 0 saturated heterocycles. The zero-order valence-corrected chi connectivity index (χ0v) is 9.76. The Morgan fingerprint density at radius 2 is 1.38 bits per heavy atom. The van der Waals surface area contributed by atoms with Crippen LogP contribution in [0.25, 0.3) is 0 Å². The van der Waals surface area contributed by atoms with Crippen molar-refractivity contribution in [3.63, 3.8) is 0 Å². The average molecular weight is 239 g/mol. The van der Waals surface area contributed by atoms with E-state index < -0.39 is 6.16 Å². The van der Waals surface area contributed by atoms with Crippen molar-refractivity contribution < 1.29 is 34.4 Å². The Labute approximate surface area is 95.1 Å². The normalized spacial score (nSPS) is 10.3. The molecule has 0 amide bonds. The van der Waals surface area contributed by atoms with Gasteiger partial charge in [0.2, 0.25) is 0 Å². The van der Waals surface area contributed by atoms with Gasteiger partial charge in [0, 0.05) is 7.11 Å². The van der Waals surface area contributed by atoms with Gasteiger partial charge in [-0.3, -0.25) is 0 Å². The molecular formula is C9H21NO6. The van der Waals surface area contributed by atoms with Crippen LogP contribution in [0.4, 0.5) is 4.79 Å². The van der Waals surface area contributed by atoms with Crippen molar-refractivity contribution in [1.82, 2.24) is 0 Å². The smallest absolute Gasteiger partial charge is 0.251 e. The molecule has 0 heterocycles.